The third-order valence-corrected chi connectivity index (χ3v) is 5.31. The zero-order valence-corrected chi connectivity index (χ0v) is 17.8. The fourth-order valence-corrected chi connectivity index (χ4v) is 3.56. The molecule has 3 aromatic rings. The minimum atomic E-state index is -0.147. The number of hydrogen-bond donors (Lipinski definition) is 1. The highest BCUT2D eigenvalue weighted by molar-refractivity contribution is 5.95. The van der Waals surface area contributed by atoms with Crippen molar-refractivity contribution in [2.45, 2.75) is 6.42 Å². The molecule has 0 spiro atoms. The van der Waals surface area contributed by atoms with Gasteiger partial charge in [0.2, 0.25) is 0 Å². The second-order valence-corrected chi connectivity index (χ2v) is 7.52. The number of piperazine rings is 1. The summed E-state index contributed by atoms with van der Waals surface area (Å²) in [5, 5.41) is 2.89. The molecule has 1 aromatic heterocycles. The van der Waals surface area contributed by atoms with Crippen LogP contribution in [0.2, 0.25) is 0 Å². The van der Waals surface area contributed by atoms with Crippen LogP contribution in [0.4, 0.5) is 10.5 Å². The fraction of sp³-hybridized carbons (Fsp3) is 0.240. The number of nitrogens with zero attached hydrogens (tertiary/aromatic N) is 3. The molecule has 32 heavy (non-hydrogen) atoms. The van der Waals surface area contributed by atoms with Crippen LogP contribution in [0.25, 0.3) is 0 Å². The van der Waals surface area contributed by atoms with E-state index in [0.29, 0.717) is 50.5 Å². The van der Waals surface area contributed by atoms with E-state index in [1.165, 1.54) is 0 Å². The van der Waals surface area contributed by atoms with E-state index >= 15 is 0 Å². The molecular weight excluding hydrogens is 404 g/mol. The standard InChI is InChI=1S/C25H26N4O3/c30-24(20-7-6-11-23(19-20)32-18-12-21-8-4-5-13-26-21)28-14-16-29(17-15-28)25(31)27-22-9-2-1-3-10-22/h1-11,13,19H,12,14-18H2,(H,27,31). The first-order chi connectivity index (χ1) is 15.7. The van der Waals surface area contributed by atoms with Gasteiger partial charge in [0.05, 0.1) is 6.61 Å². The van der Waals surface area contributed by atoms with Crippen molar-refractivity contribution in [1.29, 1.82) is 0 Å². The molecule has 0 saturated carbocycles. The Bertz CT molecular complexity index is 1040. The van der Waals surface area contributed by atoms with Gasteiger partial charge in [-0.3, -0.25) is 9.78 Å². The summed E-state index contributed by atoms with van der Waals surface area (Å²) >= 11 is 0. The highest BCUT2D eigenvalue weighted by atomic mass is 16.5. The quantitative estimate of drug-likeness (QED) is 0.647. The van der Waals surface area contributed by atoms with E-state index in [1.807, 2.05) is 60.7 Å². The summed E-state index contributed by atoms with van der Waals surface area (Å²) in [6, 6.07) is 22.3. The Kier molecular flexibility index (Phi) is 6.97. The molecule has 1 N–H and O–H groups in total. The Morgan fingerprint density at radius 1 is 0.875 bits per heavy atom. The largest absolute Gasteiger partial charge is 0.493 e. The van der Waals surface area contributed by atoms with Crippen molar-refractivity contribution in [2.24, 2.45) is 0 Å². The Balaban J connectivity index is 1.27. The van der Waals surface area contributed by atoms with Crippen LogP contribution in [0.3, 0.4) is 0 Å². The van der Waals surface area contributed by atoms with Gasteiger partial charge < -0.3 is 19.9 Å². The molecule has 7 nitrogen and oxygen atoms in total. The summed E-state index contributed by atoms with van der Waals surface area (Å²) in [7, 11) is 0. The molecule has 1 saturated heterocycles. The molecule has 2 heterocycles. The highest BCUT2D eigenvalue weighted by Gasteiger charge is 2.25. The normalized spacial score (nSPS) is 13.5. The van der Waals surface area contributed by atoms with Gasteiger partial charge in [0.1, 0.15) is 5.75 Å². The lowest BCUT2D eigenvalue weighted by Gasteiger charge is -2.34. The number of hydrogen-bond acceptors (Lipinski definition) is 4. The average Bonchev–Trinajstić information content (AvgIpc) is 2.85. The number of anilines is 1. The number of urea groups is 1. The summed E-state index contributed by atoms with van der Waals surface area (Å²) in [4.78, 5) is 33.2. The molecule has 3 amide bonds. The third kappa shape index (κ3) is 5.63. The van der Waals surface area contributed by atoms with Crippen LogP contribution < -0.4 is 10.1 Å². The van der Waals surface area contributed by atoms with Gasteiger partial charge in [0.25, 0.3) is 5.91 Å². The lowest BCUT2D eigenvalue weighted by Crippen LogP contribution is -2.51. The van der Waals surface area contributed by atoms with Gasteiger partial charge in [-0.1, -0.05) is 30.3 Å². The van der Waals surface area contributed by atoms with Crippen molar-refractivity contribution in [3.63, 3.8) is 0 Å². The van der Waals surface area contributed by atoms with Crippen molar-refractivity contribution in [3.8, 4) is 5.75 Å². The molecule has 0 atom stereocenters. The van der Waals surface area contributed by atoms with Crippen LogP contribution >= 0.6 is 0 Å². The Morgan fingerprint density at radius 3 is 2.38 bits per heavy atom. The molecule has 0 unspecified atom stereocenters. The van der Waals surface area contributed by atoms with E-state index in [2.05, 4.69) is 10.3 Å². The summed E-state index contributed by atoms with van der Waals surface area (Å²) < 4.78 is 5.82. The van der Waals surface area contributed by atoms with E-state index in [-0.39, 0.29) is 11.9 Å². The highest BCUT2D eigenvalue weighted by Crippen LogP contribution is 2.17. The van der Waals surface area contributed by atoms with Crippen LogP contribution in [-0.2, 0) is 6.42 Å². The maximum atomic E-state index is 13.0. The maximum absolute atomic E-state index is 13.0. The van der Waals surface area contributed by atoms with Gasteiger partial charge in [-0.15, -0.1) is 0 Å². The van der Waals surface area contributed by atoms with Gasteiger partial charge in [0.15, 0.2) is 0 Å². The average molecular weight is 431 g/mol. The number of aromatic nitrogens is 1. The SMILES string of the molecule is O=C(Nc1ccccc1)N1CCN(C(=O)c2cccc(OCCc3ccccn3)c2)CC1. The molecule has 0 aliphatic carbocycles. The van der Waals surface area contributed by atoms with E-state index in [9.17, 15) is 9.59 Å². The van der Waals surface area contributed by atoms with Crippen molar-refractivity contribution >= 4 is 17.6 Å². The number of para-hydroxylation sites is 1. The number of rotatable bonds is 6. The zero-order chi connectivity index (χ0) is 22.2. The number of amides is 3. The first-order valence-corrected chi connectivity index (χ1v) is 10.7. The lowest BCUT2D eigenvalue weighted by molar-refractivity contribution is 0.0671. The third-order valence-electron chi connectivity index (χ3n) is 5.31. The second-order valence-electron chi connectivity index (χ2n) is 7.52. The number of carbonyl (C=O) groups is 2. The molecule has 0 radical (unpaired) electrons. The predicted molar refractivity (Wildman–Crippen MR) is 123 cm³/mol. The van der Waals surface area contributed by atoms with Gasteiger partial charge in [-0.25, -0.2) is 4.79 Å². The zero-order valence-electron chi connectivity index (χ0n) is 17.8. The first-order valence-electron chi connectivity index (χ1n) is 10.7. The number of benzene rings is 2. The smallest absolute Gasteiger partial charge is 0.321 e. The topological polar surface area (TPSA) is 74.8 Å². The molecule has 4 rings (SSSR count). The van der Waals surface area contributed by atoms with Crippen molar-refractivity contribution in [2.75, 3.05) is 38.1 Å². The summed E-state index contributed by atoms with van der Waals surface area (Å²) in [5.41, 5.74) is 2.31. The first kappa shape index (κ1) is 21.4. The van der Waals surface area contributed by atoms with Gasteiger partial charge in [-0.2, -0.15) is 0 Å². The Morgan fingerprint density at radius 2 is 1.62 bits per heavy atom. The number of nitrogens with one attached hydrogen (secondary N) is 1. The van der Waals surface area contributed by atoms with Crippen LogP contribution in [0.5, 0.6) is 5.75 Å². The van der Waals surface area contributed by atoms with Gasteiger partial charge in [-0.05, 0) is 42.5 Å². The maximum Gasteiger partial charge on any atom is 0.321 e. The molecular formula is C25H26N4O3. The van der Waals surface area contributed by atoms with Crippen molar-refractivity contribution in [3.05, 3.63) is 90.3 Å². The van der Waals surface area contributed by atoms with Gasteiger partial charge >= 0.3 is 6.03 Å². The minimum Gasteiger partial charge on any atom is -0.493 e. The van der Waals surface area contributed by atoms with Crippen LogP contribution in [0.15, 0.2) is 79.0 Å². The Hall–Kier alpha value is -3.87. The fourth-order valence-electron chi connectivity index (χ4n) is 3.56. The van der Waals surface area contributed by atoms with Crippen LogP contribution in [-0.4, -0.2) is 59.5 Å². The minimum absolute atomic E-state index is 0.0525. The molecule has 1 fully saturated rings. The predicted octanol–water partition coefficient (Wildman–Crippen LogP) is 3.69. The summed E-state index contributed by atoms with van der Waals surface area (Å²) in [6.07, 6.45) is 2.46. The van der Waals surface area contributed by atoms with E-state index in [1.54, 1.807) is 28.1 Å². The van der Waals surface area contributed by atoms with E-state index in [0.717, 1.165) is 11.4 Å². The molecule has 7 heteroatoms. The van der Waals surface area contributed by atoms with Crippen LogP contribution in [0.1, 0.15) is 16.1 Å². The lowest BCUT2D eigenvalue weighted by atomic mass is 10.1. The van der Waals surface area contributed by atoms with Gasteiger partial charge in [0, 0.05) is 55.7 Å². The molecule has 2 aromatic carbocycles. The summed E-state index contributed by atoms with van der Waals surface area (Å²) in [6.45, 7) is 2.46. The second kappa shape index (κ2) is 10.4. The van der Waals surface area contributed by atoms with Crippen LogP contribution in [0, 0.1) is 0 Å². The monoisotopic (exact) mass is 430 g/mol. The molecule has 0 bridgehead atoms. The number of carbonyl (C=O) groups excluding carboxylic acids is 2. The molecule has 164 valence electrons. The number of pyridine rings is 1. The van der Waals surface area contributed by atoms with E-state index in [4.69, 9.17) is 4.74 Å². The number of ether oxygens (including phenoxy) is 1. The summed E-state index contributed by atoms with van der Waals surface area (Å²) in [5.74, 6) is 0.607. The van der Waals surface area contributed by atoms with Crippen molar-refractivity contribution in [1.82, 2.24) is 14.8 Å². The van der Waals surface area contributed by atoms with E-state index < -0.39 is 0 Å². The Labute approximate surface area is 187 Å². The molecule has 1 aliphatic rings. The molecule has 1 aliphatic heterocycles. The van der Waals surface area contributed by atoms with Crippen molar-refractivity contribution < 1.29 is 14.3 Å².